The molecule has 1 aliphatic carbocycles. The molecule has 1 amide bonds. The van der Waals surface area contributed by atoms with Crippen LogP contribution in [0.1, 0.15) is 25.3 Å². The Bertz CT molecular complexity index is 399. The van der Waals surface area contributed by atoms with E-state index in [-0.39, 0.29) is 13.2 Å². The first-order valence-corrected chi connectivity index (χ1v) is 6.24. The van der Waals surface area contributed by atoms with Crippen LogP contribution < -0.4 is 5.32 Å². The molecule has 0 atom stereocenters. The summed E-state index contributed by atoms with van der Waals surface area (Å²) >= 11 is 0. The molecule has 18 heavy (non-hydrogen) atoms. The molecule has 0 bridgehead atoms. The minimum absolute atomic E-state index is 0.251. The van der Waals surface area contributed by atoms with Gasteiger partial charge < -0.3 is 15.2 Å². The minimum atomic E-state index is -0.731. The molecule has 0 radical (unpaired) electrons. The Hall–Kier alpha value is -1.55. The number of carbonyl (C=O) groups is 1. The van der Waals surface area contributed by atoms with Gasteiger partial charge in [0.2, 0.25) is 0 Å². The molecule has 0 aliphatic heterocycles. The summed E-state index contributed by atoms with van der Waals surface area (Å²) in [5.74, 6) is 0.539. The molecule has 1 aromatic carbocycles. The number of hydrogen-bond acceptors (Lipinski definition) is 3. The van der Waals surface area contributed by atoms with Gasteiger partial charge in [-0.2, -0.15) is 0 Å². The average molecular weight is 249 g/mol. The van der Waals surface area contributed by atoms with Crippen LogP contribution in [0.2, 0.25) is 0 Å². The summed E-state index contributed by atoms with van der Waals surface area (Å²) in [6.45, 7) is 2.61. The normalized spacial score (nSPS) is 26.2. The van der Waals surface area contributed by atoms with Gasteiger partial charge in [0.05, 0.1) is 5.60 Å². The van der Waals surface area contributed by atoms with Crippen LogP contribution in [0.15, 0.2) is 30.3 Å². The number of alkyl carbamates (subject to hydrolysis) is 1. The molecule has 1 fully saturated rings. The molecule has 0 aromatic heterocycles. The standard InChI is InChI=1S/C14H19NO3/c1-11-7-14(17,8-11)10-15-13(16)18-9-12-5-3-2-4-6-12/h2-6,11,17H,7-10H2,1H3,(H,15,16)/t11-,14-. The van der Waals surface area contributed by atoms with Crippen LogP contribution in [0.25, 0.3) is 0 Å². The number of nitrogens with one attached hydrogen (secondary N) is 1. The zero-order chi connectivity index (χ0) is 13.0. The first-order chi connectivity index (χ1) is 8.57. The monoisotopic (exact) mass is 249 g/mol. The maximum Gasteiger partial charge on any atom is 0.407 e. The molecule has 1 aliphatic rings. The molecule has 0 saturated heterocycles. The van der Waals surface area contributed by atoms with Crippen molar-refractivity contribution in [2.45, 2.75) is 32.0 Å². The number of amides is 1. The largest absolute Gasteiger partial charge is 0.445 e. The minimum Gasteiger partial charge on any atom is -0.445 e. The molecule has 2 N–H and O–H groups in total. The molecular weight excluding hydrogens is 230 g/mol. The maximum atomic E-state index is 11.4. The summed E-state index contributed by atoms with van der Waals surface area (Å²) in [5.41, 5.74) is 0.217. The van der Waals surface area contributed by atoms with Crippen LogP contribution in [-0.2, 0) is 11.3 Å². The third-order valence-corrected chi connectivity index (χ3v) is 3.23. The number of rotatable bonds is 4. The van der Waals surface area contributed by atoms with Gasteiger partial charge in [0.1, 0.15) is 6.61 Å². The summed E-state index contributed by atoms with van der Waals surface area (Å²) in [6, 6.07) is 9.50. The predicted octanol–water partition coefficient (Wildman–Crippen LogP) is 2.07. The molecule has 1 saturated carbocycles. The van der Waals surface area contributed by atoms with Gasteiger partial charge in [-0.3, -0.25) is 0 Å². The van der Waals surface area contributed by atoms with Crippen LogP contribution in [-0.4, -0.2) is 23.3 Å². The fraction of sp³-hybridized carbons (Fsp3) is 0.500. The zero-order valence-electron chi connectivity index (χ0n) is 10.6. The summed E-state index contributed by atoms with van der Waals surface area (Å²) < 4.78 is 5.06. The topological polar surface area (TPSA) is 58.6 Å². The van der Waals surface area contributed by atoms with Crippen molar-refractivity contribution < 1.29 is 14.6 Å². The predicted molar refractivity (Wildman–Crippen MR) is 68.0 cm³/mol. The van der Waals surface area contributed by atoms with E-state index in [2.05, 4.69) is 12.2 Å². The molecule has 1 aromatic rings. The van der Waals surface area contributed by atoms with E-state index in [0.717, 1.165) is 18.4 Å². The van der Waals surface area contributed by atoms with E-state index in [4.69, 9.17) is 4.74 Å². The van der Waals surface area contributed by atoms with Crippen LogP contribution in [0.5, 0.6) is 0 Å². The Morgan fingerprint density at radius 2 is 2.11 bits per heavy atom. The quantitative estimate of drug-likeness (QED) is 0.859. The number of carbonyl (C=O) groups excluding carboxylic acids is 1. The number of ether oxygens (including phenoxy) is 1. The Morgan fingerprint density at radius 3 is 2.72 bits per heavy atom. The lowest BCUT2D eigenvalue weighted by molar-refractivity contribution is -0.0646. The van der Waals surface area contributed by atoms with Crippen molar-refractivity contribution in [1.29, 1.82) is 0 Å². The second-order valence-electron chi connectivity index (χ2n) is 5.15. The van der Waals surface area contributed by atoms with Crippen LogP contribution in [0, 0.1) is 5.92 Å². The Kier molecular flexibility index (Phi) is 3.87. The van der Waals surface area contributed by atoms with E-state index >= 15 is 0 Å². The van der Waals surface area contributed by atoms with Gasteiger partial charge >= 0.3 is 6.09 Å². The van der Waals surface area contributed by atoms with Crippen LogP contribution in [0.3, 0.4) is 0 Å². The summed E-state index contributed by atoms with van der Waals surface area (Å²) in [5, 5.41) is 12.5. The average Bonchev–Trinajstić information content (AvgIpc) is 2.33. The Labute approximate surface area is 107 Å². The van der Waals surface area contributed by atoms with Gasteiger partial charge in [0.25, 0.3) is 0 Å². The third kappa shape index (κ3) is 3.47. The third-order valence-electron chi connectivity index (χ3n) is 3.23. The Morgan fingerprint density at radius 1 is 1.44 bits per heavy atom. The molecule has 0 heterocycles. The summed E-state index contributed by atoms with van der Waals surface area (Å²) in [7, 11) is 0. The van der Waals surface area contributed by atoms with E-state index in [1.807, 2.05) is 30.3 Å². The van der Waals surface area contributed by atoms with Crippen LogP contribution >= 0.6 is 0 Å². The van der Waals surface area contributed by atoms with Crippen molar-refractivity contribution in [3.8, 4) is 0 Å². The van der Waals surface area contributed by atoms with Gasteiger partial charge in [0.15, 0.2) is 0 Å². The smallest absolute Gasteiger partial charge is 0.407 e. The fourth-order valence-corrected chi connectivity index (χ4v) is 2.39. The fourth-order valence-electron chi connectivity index (χ4n) is 2.39. The lowest BCUT2D eigenvalue weighted by Gasteiger charge is -2.41. The lowest BCUT2D eigenvalue weighted by atomic mass is 9.72. The van der Waals surface area contributed by atoms with E-state index in [9.17, 15) is 9.90 Å². The van der Waals surface area contributed by atoms with Gasteiger partial charge in [-0.1, -0.05) is 37.3 Å². The molecule has 0 spiro atoms. The van der Waals surface area contributed by atoms with E-state index in [1.165, 1.54) is 0 Å². The van der Waals surface area contributed by atoms with Crippen molar-refractivity contribution in [3.63, 3.8) is 0 Å². The summed E-state index contributed by atoms with van der Waals surface area (Å²) in [6.07, 6.45) is 1.00. The molecule has 2 rings (SSSR count). The molecular formula is C14H19NO3. The highest BCUT2D eigenvalue weighted by Gasteiger charge is 2.40. The SMILES string of the molecule is C[C@H]1C[C@@](O)(CNC(=O)OCc2ccccc2)C1. The highest BCUT2D eigenvalue weighted by atomic mass is 16.5. The Balaban J connectivity index is 1.67. The highest BCUT2D eigenvalue weighted by molar-refractivity contribution is 5.67. The molecule has 4 heteroatoms. The second-order valence-corrected chi connectivity index (χ2v) is 5.15. The van der Waals surface area contributed by atoms with Crippen LogP contribution in [0.4, 0.5) is 4.79 Å². The number of benzene rings is 1. The van der Waals surface area contributed by atoms with Gasteiger partial charge in [-0.15, -0.1) is 0 Å². The van der Waals surface area contributed by atoms with E-state index in [1.54, 1.807) is 0 Å². The van der Waals surface area contributed by atoms with Crippen molar-refractivity contribution in [2.24, 2.45) is 5.92 Å². The van der Waals surface area contributed by atoms with E-state index in [0.29, 0.717) is 5.92 Å². The molecule has 0 unspecified atom stereocenters. The van der Waals surface area contributed by atoms with Crippen molar-refractivity contribution in [3.05, 3.63) is 35.9 Å². The molecule has 98 valence electrons. The van der Waals surface area contributed by atoms with Gasteiger partial charge in [-0.05, 0) is 24.3 Å². The number of hydrogen-bond donors (Lipinski definition) is 2. The highest BCUT2D eigenvalue weighted by Crippen LogP contribution is 2.36. The lowest BCUT2D eigenvalue weighted by Crippen LogP contribution is -2.51. The van der Waals surface area contributed by atoms with Gasteiger partial charge in [0, 0.05) is 6.54 Å². The zero-order valence-corrected chi connectivity index (χ0v) is 10.6. The van der Waals surface area contributed by atoms with Gasteiger partial charge in [-0.25, -0.2) is 4.79 Å². The van der Waals surface area contributed by atoms with Crippen molar-refractivity contribution >= 4 is 6.09 Å². The van der Waals surface area contributed by atoms with E-state index < -0.39 is 11.7 Å². The number of aliphatic hydroxyl groups is 1. The second kappa shape index (κ2) is 5.40. The maximum absolute atomic E-state index is 11.4. The first-order valence-electron chi connectivity index (χ1n) is 6.24. The molecule has 4 nitrogen and oxygen atoms in total. The van der Waals surface area contributed by atoms with Crippen molar-refractivity contribution in [2.75, 3.05) is 6.54 Å². The summed E-state index contributed by atoms with van der Waals surface area (Å²) in [4.78, 5) is 11.4. The van der Waals surface area contributed by atoms with Crippen molar-refractivity contribution in [1.82, 2.24) is 5.32 Å². The first kappa shape index (κ1) is 12.9.